The molecule has 0 aliphatic rings. The summed E-state index contributed by atoms with van der Waals surface area (Å²) in [5.41, 5.74) is 6.64. The lowest BCUT2D eigenvalue weighted by Gasteiger charge is -2.15. The zero-order chi connectivity index (χ0) is 11.4. The molecule has 0 heterocycles. The molecule has 2 atom stereocenters. The molecule has 0 aliphatic heterocycles. The third-order valence-electron chi connectivity index (χ3n) is 1.94. The normalized spacial score (nSPS) is 14.7. The molecular formula is C11H16ClNO2. The van der Waals surface area contributed by atoms with Crippen molar-refractivity contribution in [2.75, 3.05) is 6.61 Å². The Morgan fingerprint density at radius 2 is 2.13 bits per heavy atom. The van der Waals surface area contributed by atoms with Gasteiger partial charge >= 0.3 is 0 Å². The van der Waals surface area contributed by atoms with Crippen molar-refractivity contribution in [3.8, 4) is 5.75 Å². The summed E-state index contributed by atoms with van der Waals surface area (Å²) in [7, 11) is 0. The summed E-state index contributed by atoms with van der Waals surface area (Å²) in [6, 6.07) is 5.14. The molecule has 0 amide bonds. The lowest BCUT2D eigenvalue weighted by Crippen LogP contribution is -2.15. The number of halogens is 1. The van der Waals surface area contributed by atoms with Gasteiger partial charge in [0.15, 0.2) is 0 Å². The van der Waals surface area contributed by atoms with E-state index in [-0.39, 0.29) is 12.6 Å². The van der Waals surface area contributed by atoms with Crippen LogP contribution >= 0.6 is 11.6 Å². The molecule has 0 bridgehead atoms. The summed E-state index contributed by atoms with van der Waals surface area (Å²) in [4.78, 5) is 0. The highest BCUT2D eigenvalue weighted by Crippen LogP contribution is 2.27. The minimum atomic E-state index is -0.499. The van der Waals surface area contributed by atoms with Crippen LogP contribution in [0.15, 0.2) is 18.2 Å². The Morgan fingerprint density at radius 1 is 1.47 bits per heavy atom. The molecule has 84 valence electrons. The van der Waals surface area contributed by atoms with Gasteiger partial charge in [-0.1, -0.05) is 11.6 Å². The Morgan fingerprint density at radius 3 is 2.67 bits per heavy atom. The Labute approximate surface area is 94.8 Å². The smallest absolute Gasteiger partial charge is 0.124 e. The molecule has 0 saturated heterocycles. The number of aliphatic hydroxyl groups is 1. The molecule has 0 radical (unpaired) electrons. The van der Waals surface area contributed by atoms with Gasteiger partial charge in [-0.3, -0.25) is 0 Å². The molecule has 1 unspecified atom stereocenters. The van der Waals surface area contributed by atoms with E-state index < -0.39 is 6.10 Å². The fourth-order valence-electron chi connectivity index (χ4n) is 1.22. The Hall–Kier alpha value is -0.770. The molecule has 0 aromatic heterocycles. The minimum absolute atomic E-state index is 0.146. The van der Waals surface area contributed by atoms with Crippen LogP contribution in [0, 0.1) is 0 Å². The molecule has 0 spiro atoms. The molecule has 1 aromatic rings. The number of rotatable bonds is 4. The van der Waals surface area contributed by atoms with Gasteiger partial charge in [-0.05, 0) is 32.0 Å². The van der Waals surface area contributed by atoms with Gasteiger partial charge < -0.3 is 15.6 Å². The summed E-state index contributed by atoms with van der Waals surface area (Å²) < 4.78 is 5.43. The first-order chi connectivity index (χ1) is 7.00. The molecule has 1 aromatic carbocycles. The SMILES string of the molecule is CC(O)COc1ccc(Cl)cc1[C@@H](C)N. The fraction of sp³-hybridized carbons (Fsp3) is 0.455. The van der Waals surface area contributed by atoms with Gasteiger partial charge in [0.2, 0.25) is 0 Å². The van der Waals surface area contributed by atoms with Crippen molar-refractivity contribution in [1.82, 2.24) is 0 Å². The molecule has 0 aliphatic carbocycles. The van der Waals surface area contributed by atoms with Gasteiger partial charge in [-0.2, -0.15) is 0 Å². The van der Waals surface area contributed by atoms with Crippen LogP contribution in [0.1, 0.15) is 25.5 Å². The van der Waals surface area contributed by atoms with E-state index in [1.807, 2.05) is 6.92 Å². The summed E-state index contributed by atoms with van der Waals surface area (Å²) in [5.74, 6) is 0.676. The highest BCUT2D eigenvalue weighted by Gasteiger charge is 2.09. The number of aliphatic hydroxyl groups excluding tert-OH is 1. The predicted octanol–water partition coefficient (Wildman–Crippen LogP) is 2.12. The van der Waals surface area contributed by atoms with Crippen molar-refractivity contribution >= 4 is 11.6 Å². The first kappa shape index (κ1) is 12.3. The largest absolute Gasteiger partial charge is 0.491 e. The monoisotopic (exact) mass is 229 g/mol. The zero-order valence-corrected chi connectivity index (χ0v) is 9.66. The van der Waals surface area contributed by atoms with Crippen molar-refractivity contribution in [3.05, 3.63) is 28.8 Å². The number of ether oxygens (including phenoxy) is 1. The summed E-state index contributed by atoms with van der Waals surface area (Å²) >= 11 is 5.86. The third kappa shape index (κ3) is 3.70. The van der Waals surface area contributed by atoms with Crippen LogP contribution in [-0.2, 0) is 0 Å². The van der Waals surface area contributed by atoms with E-state index in [9.17, 15) is 0 Å². The van der Waals surface area contributed by atoms with Crippen LogP contribution in [0.2, 0.25) is 5.02 Å². The van der Waals surface area contributed by atoms with Crippen LogP contribution in [0.25, 0.3) is 0 Å². The van der Waals surface area contributed by atoms with E-state index in [2.05, 4.69) is 0 Å². The molecule has 0 saturated carbocycles. The average molecular weight is 230 g/mol. The Bertz CT molecular complexity index is 326. The van der Waals surface area contributed by atoms with Crippen LogP contribution in [0.3, 0.4) is 0 Å². The van der Waals surface area contributed by atoms with Crippen LogP contribution in [-0.4, -0.2) is 17.8 Å². The van der Waals surface area contributed by atoms with Crippen molar-refractivity contribution in [2.24, 2.45) is 5.73 Å². The second kappa shape index (κ2) is 5.35. The maximum absolute atomic E-state index is 9.12. The minimum Gasteiger partial charge on any atom is -0.491 e. The van der Waals surface area contributed by atoms with E-state index in [1.165, 1.54) is 0 Å². The van der Waals surface area contributed by atoms with Crippen LogP contribution < -0.4 is 10.5 Å². The average Bonchev–Trinajstić information content (AvgIpc) is 2.15. The molecular weight excluding hydrogens is 214 g/mol. The van der Waals surface area contributed by atoms with Gasteiger partial charge in [0, 0.05) is 16.6 Å². The number of hydrogen-bond donors (Lipinski definition) is 2. The first-order valence-corrected chi connectivity index (χ1v) is 5.24. The second-order valence-electron chi connectivity index (χ2n) is 3.63. The summed E-state index contributed by atoms with van der Waals surface area (Å²) in [5, 5.41) is 9.75. The van der Waals surface area contributed by atoms with E-state index in [1.54, 1.807) is 25.1 Å². The highest BCUT2D eigenvalue weighted by atomic mass is 35.5. The lowest BCUT2D eigenvalue weighted by molar-refractivity contribution is 0.122. The van der Waals surface area contributed by atoms with Crippen LogP contribution in [0.4, 0.5) is 0 Å². The number of benzene rings is 1. The van der Waals surface area contributed by atoms with Crippen LogP contribution in [0.5, 0.6) is 5.75 Å². The quantitative estimate of drug-likeness (QED) is 0.832. The molecule has 3 N–H and O–H groups in total. The Balaban J connectivity index is 2.86. The standard InChI is InChI=1S/C11H16ClNO2/c1-7(14)6-15-11-4-3-9(12)5-10(11)8(2)13/h3-5,7-8,14H,6,13H2,1-2H3/t7?,8-/m1/s1. The van der Waals surface area contributed by atoms with E-state index in [0.717, 1.165) is 5.56 Å². The Kier molecular flexibility index (Phi) is 4.39. The third-order valence-corrected chi connectivity index (χ3v) is 2.18. The maximum atomic E-state index is 9.12. The van der Waals surface area contributed by atoms with Crippen molar-refractivity contribution in [2.45, 2.75) is 26.0 Å². The molecule has 4 heteroatoms. The number of nitrogens with two attached hydrogens (primary N) is 1. The van der Waals surface area contributed by atoms with Gasteiger partial charge in [0.05, 0.1) is 6.10 Å². The molecule has 1 rings (SSSR count). The molecule has 0 fully saturated rings. The summed E-state index contributed by atoms with van der Waals surface area (Å²) in [6.45, 7) is 3.78. The summed E-state index contributed by atoms with van der Waals surface area (Å²) in [6.07, 6.45) is -0.499. The van der Waals surface area contributed by atoms with Gasteiger partial charge in [-0.15, -0.1) is 0 Å². The van der Waals surface area contributed by atoms with Crippen molar-refractivity contribution in [3.63, 3.8) is 0 Å². The topological polar surface area (TPSA) is 55.5 Å². The predicted molar refractivity (Wildman–Crippen MR) is 61.2 cm³/mol. The second-order valence-corrected chi connectivity index (χ2v) is 4.07. The van der Waals surface area contributed by atoms with Crippen molar-refractivity contribution in [1.29, 1.82) is 0 Å². The first-order valence-electron chi connectivity index (χ1n) is 4.86. The highest BCUT2D eigenvalue weighted by molar-refractivity contribution is 6.30. The van der Waals surface area contributed by atoms with Gasteiger partial charge in [0.25, 0.3) is 0 Å². The number of hydrogen-bond acceptors (Lipinski definition) is 3. The van der Waals surface area contributed by atoms with Gasteiger partial charge in [-0.25, -0.2) is 0 Å². The van der Waals surface area contributed by atoms with Gasteiger partial charge in [0.1, 0.15) is 12.4 Å². The maximum Gasteiger partial charge on any atom is 0.124 e. The zero-order valence-electron chi connectivity index (χ0n) is 8.90. The fourth-order valence-corrected chi connectivity index (χ4v) is 1.40. The van der Waals surface area contributed by atoms with E-state index >= 15 is 0 Å². The van der Waals surface area contributed by atoms with E-state index in [4.69, 9.17) is 27.2 Å². The lowest BCUT2D eigenvalue weighted by atomic mass is 10.1. The molecule has 15 heavy (non-hydrogen) atoms. The van der Waals surface area contributed by atoms with E-state index in [0.29, 0.717) is 10.8 Å². The van der Waals surface area contributed by atoms with Crippen molar-refractivity contribution < 1.29 is 9.84 Å². The molecule has 3 nitrogen and oxygen atoms in total.